The maximum Gasteiger partial charge on any atom is 0.183 e. The minimum Gasteiger partial charge on any atom is -0.496 e. The van der Waals surface area contributed by atoms with E-state index in [9.17, 15) is 0 Å². The lowest BCUT2D eigenvalue weighted by molar-refractivity contribution is 0.416. The van der Waals surface area contributed by atoms with Crippen LogP contribution in [-0.2, 0) is 0 Å². The largest absolute Gasteiger partial charge is 0.496 e. The van der Waals surface area contributed by atoms with Crippen molar-refractivity contribution in [3.05, 3.63) is 28.6 Å². The number of aromatic nitrogens is 1. The van der Waals surface area contributed by atoms with Crippen molar-refractivity contribution in [3.63, 3.8) is 0 Å². The van der Waals surface area contributed by atoms with Crippen LogP contribution in [0.25, 0.3) is 11.3 Å². The number of anilines is 1. The number of hydrogen-bond acceptors (Lipinski definition) is 4. The highest BCUT2D eigenvalue weighted by molar-refractivity contribution is 7.16. The van der Waals surface area contributed by atoms with Crippen LogP contribution < -0.4 is 10.1 Å². The van der Waals surface area contributed by atoms with Gasteiger partial charge in [0.15, 0.2) is 5.13 Å². The average molecular weight is 276 g/mol. The maximum atomic E-state index is 5.48. The predicted molar refractivity (Wildman–Crippen MR) is 82.5 cm³/mol. The Labute approximate surface area is 118 Å². The molecule has 102 valence electrons. The molecule has 0 aliphatic heterocycles. The van der Waals surface area contributed by atoms with Gasteiger partial charge in [-0.1, -0.05) is 19.9 Å². The van der Waals surface area contributed by atoms with Gasteiger partial charge in [0.05, 0.1) is 12.8 Å². The summed E-state index contributed by atoms with van der Waals surface area (Å²) in [7, 11) is 3.60. The Morgan fingerprint density at radius 1 is 1.32 bits per heavy atom. The second kappa shape index (κ2) is 5.61. The number of nitrogens with one attached hydrogen (secondary N) is 1. The third kappa shape index (κ3) is 2.73. The zero-order valence-corrected chi connectivity index (χ0v) is 12.9. The fraction of sp³-hybridized carbons (Fsp3) is 0.400. The molecule has 0 unspecified atom stereocenters. The topological polar surface area (TPSA) is 34.2 Å². The molecular formula is C15H20N2OS. The van der Waals surface area contributed by atoms with Crippen LogP contribution >= 0.6 is 11.3 Å². The SMILES string of the molecule is CNc1nc(-c2cc(C(C)C)ccc2OC)c(C)s1. The number of nitrogens with zero attached hydrogens (tertiary/aromatic N) is 1. The summed E-state index contributed by atoms with van der Waals surface area (Å²) in [5.41, 5.74) is 3.38. The van der Waals surface area contributed by atoms with Crippen molar-refractivity contribution in [2.45, 2.75) is 26.7 Å². The monoisotopic (exact) mass is 276 g/mol. The van der Waals surface area contributed by atoms with Crippen molar-refractivity contribution < 1.29 is 4.74 Å². The van der Waals surface area contributed by atoms with Gasteiger partial charge in [-0.2, -0.15) is 0 Å². The van der Waals surface area contributed by atoms with Crippen molar-refractivity contribution in [1.29, 1.82) is 0 Å². The summed E-state index contributed by atoms with van der Waals surface area (Å²) in [4.78, 5) is 5.83. The first kappa shape index (κ1) is 13.9. The van der Waals surface area contributed by atoms with Crippen LogP contribution in [0.4, 0.5) is 5.13 Å². The average Bonchev–Trinajstić information content (AvgIpc) is 2.79. The van der Waals surface area contributed by atoms with E-state index in [1.807, 2.05) is 13.1 Å². The number of rotatable bonds is 4. The molecule has 0 saturated carbocycles. The molecule has 1 aromatic heterocycles. The lowest BCUT2D eigenvalue weighted by atomic mass is 9.98. The molecule has 1 heterocycles. The van der Waals surface area contributed by atoms with Gasteiger partial charge < -0.3 is 10.1 Å². The number of benzene rings is 1. The van der Waals surface area contributed by atoms with E-state index >= 15 is 0 Å². The van der Waals surface area contributed by atoms with Crippen molar-refractivity contribution in [2.75, 3.05) is 19.5 Å². The van der Waals surface area contributed by atoms with Crippen molar-refractivity contribution in [1.82, 2.24) is 4.98 Å². The second-order valence-corrected chi connectivity index (χ2v) is 5.99. The molecular weight excluding hydrogens is 256 g/mol. The van der Waals surface area contributed by atoms with E-state index in [0.717, 1.165) is 22.1 Å². The minimum atomic E-state index is 0.493. The molecule has 2 rings (SSSR count). The normalized spacial score (nSPS) is 10.8. The quantitative estimate of drug-likeness (QED) is 0.904. The van der Waals surface area contributed by atoms with Crippen LogP contribution in [-0.4, -0.2) is 19.1 Å². The summed E-state index contributed by atoms with van der Waals surface area (Å²) in [6, 6.07) is 6.33. The first-order valence-corrected chi connectivity index (χ1v) is 7.22. The van der Waals surface area contributed by atoms with Gasteiger partial charge in [0.2, 0.25) is 0 Å². The van der Waals surface area contributed by atoms with Crippen LogP contribution in [0.2, 0.25) is 0 Å². The Hall–Kier alpha value is -1.55. The first-order valence-electron chi connectivity index (χ1n) is 6.40. The van der Waals surface area contributed by atoms with Gasteiger partial charge in [-0.05, 0) is 30.5 Å². The molecule has 0 amide bonds. The third-order valence-electron chi connectivity index (χ3n) is 3.16. The van der Waals surface area contributed by atoms with E-state index in [-0.39, 0.29) is 0 Å². The fourth-order valence-corrected chi connectivity index (χ4v) is 2.80. The Bertz CT molecular complexity index is 576. The molecule has 2 aromatic rings. The van der Waals surface area contributed by atoms with Gasteiger partial charge in [0, 0.05) is 17.5 Å². The van der Waals surface area contributed by atoms with E-state index in [4.69, 9.17) is 4.74 Å². The number of hydrogen-bond donors (Lipinski definition) is 1. The molecule has 0 aliphatic carbocycles. The van der Waals surface area contributed by atoms with Crippen molar-refractivity contribution >= 4 is 16.5 Å². The summed E-state index contributed by atoms with van der Waals surface area (Å²) in [5, 5.41) is 4.03. The molecule has 1 N–H and O–H groups in total. The summed E-state index contributed by atoms with van der Waals surface area (Å²) in [6.07, 6.45) is 0. The number of methoxy groups -OCH3 is 1. The zero-order valence-electron chi connectivity index (χ0n) is 12.1. The molecule has 0 atom stereocenters. The molecule has 19 heavy (non-hydrogen) atoms. The van der Waals surface area contributed by atoms with Crippen LogP contribution in [0.3, 0.4) is 0 Å². The van der Waals surface area contributed by atoms with E-state index in [0.29, 0.717) is 5.92 Å². The van der Waals surface area contributed by atoms with Crippen LogP contribution in [0, 0.1) is 6.92 Å². The standard InChI is InChI=1S/C15H20N2OS/c1-9(2)11-6-7-13(18-5)12(8-11)14-10(3)19-15(16-4)17-14/h6-9H,1-5H3,(H,16,17). The summed E-state index contributed by atoms with van der Waals surface area (Å²) >= 11 is 1.66. The Kier molecular flexibility index (Phi) is 4.10. The zero-order chi connectivity index (χ0) is 14.0. The highest BCUT2D eigenvalue weighted by atomic mass is 32.1. The van der Waals surface area contributed by atoms with Crippen molar-refractivity contribution in [3.8, 4) is 17.0 Å². The van der Waals surface area contributed by atoms with E-state index in [2.05, 4.69) is 43.2 Å². The molecule has 1 aromatic carbocycles. The van der Waals surface area contributed by atoms with E-state index in [1.165, 1.54) is 10.4 Å². The number of ether oxygens (including phenoxy) is 1. The van der Waals surface area contributed by atoms with Gasteiger partial charge in [-0.3, -0.25) is 0 Å². The number of thiazole rings is 1. The van der Waals surface area contributed by atoms with Gasteiger partial charge >= 0.3 is 0 Å². The van der Waals surface area contributed by atoms with Gasteiger partial charge in [-0.15, -0.1) is 11.3 Å². The number of aryl methyl sites for hydroxylation is 1. The minimum absolute atomic E-state index is 0.493. The highest BCUT2D eigenvalue weighted by Crippen LogP contribution is 2.37. The molecule has 4 heteroatoms. The predicted octanol–water partition coefficient (Wildman–Crippen LogP) is 4.29. The third-order valence-corrected chi connectivity index (χ3v) is 4.14. The van der Waals surface area contributed by atoms with Crippen LogP contribution in [0.1, 0.15) is 30.2 Å². The van der Waals surface area contributed by atoms with Gasteiger partial charge in [0.25, 0.3) is 0 Å². The summed E-state index contributed by atoms with van der Waals surface area (Å²) < 4.78 is 5.48. The molecule has 0 spiro atoms. The molecule has 0 fully saturated rings. The Morgan fingerprint density at radius 3 is 2.58 bits per heavy atom. The molecule has 0 bridgehead atoms. The van der Waals surface area contributed by atoms with E-state index in [1.54, 1.807) is 18.4 Å². The summed E-state index contributed by atoms with van der Waals surface area (Å²) in [6.45, 7) is 6.48. The second-order valence-electron chi connectivity index (χ2n) is 4.79. The molecule has 3 nitrogen and oxygen atoms in total. The smallest absolute Gasteiger partial charge is 0.183 e. The lowest BCUT2D eigenvalue weighted by Crippen LogP contribution is -1.94. The fourth-order valence-electron chi connectivity index (χ4n) is 2.02. The molecule has 0 aliphatic rings. The van der Waals surface area contributed by atoms with Crippen LogP contribution in [0.5, 0.6) is 5.75 Å². The Morgan fingerprint density at radius 2 is 2.05 bits per heavy atom. The van der Waals surface area contributed by atoms with Crippen LogP contribution in [0.15, 0.2) is 18.2 Å². The van der Waals surface area contributed by atoms with Crippen molar-refractivity contribution in [2.24, 2.45) is 0 Å². The highest BCUT2D eigenvalue weighted by Gasteiger charge is 2.15. The Balaban J connectivity index is 2.57. The maximum absolute atomic E-state index is 5.48. The molecule has 0 saturated heterocycles. The molecule has 0 radical (unpaired) electrons. The lowest BCUT2D eigenvalue weighted by Gasteiger charge is -2.12. The van der Waals surface area contributed by atoms with Gasteiger partial charge in [0.1, 0.15) is 5.75 Å². The first-order chi connectivity index (χ1) is 9.06. The van der Waals surface area contributed by atoms with Gasteiger partial charge in [-0.25, -0.2) is 4.98 Å². The summed E-state index contributed by atoms with van der Waals surface area (Å²) in [5.74, 6) is 1.37. The van der Waals surface area contributed by atoms with E-state index < -0.39 is 0 Å².